The Labute approximate surface area is 154 Å². The molecule has 1 N–H and O–H groups in total. The number of benzene rings is 2. The number of rotatable bonds is 9. The van der Waals surface area contributed by atoms with E-state index in [4.69, 9.17) is 4.74 Å². The highest BCUT2D eigenvalue weighted by molar-refractivity contribution is 5.18. The van der Waals surface area contributed by atoms with Crippen molar-refractivity contribution in [2.24, 2.45) is 0 Å². The molecule has 0 bridgehead atoms. The molecule has 2 aromatic carbocycles. The van der Waals surface area contributed by atoms with E-state index in [1.807, 2.05) is 36.4 Å². The van der Waals surface area contributed by atoms with Crippen LogP contribution >= 0.6 is 0 Å². The Bertz CT molecular complexity index is 709. The first-order valence-corrected chi connectivity index (χ1v) is 8.81. The van der Waals surface area contributed by atoms with E-state index in [9.17, 15) is 5.11 Å². The van der Waals surface area contributed by atoms with Crippen LogP contribution < -0.4 is 4.74 Å². The van der Waals surface area contributed by atoms with Crippen LogP contribution in [0.2, 0.25) is 0 Å². The second kappa shape index (κ2) is 9.70. The Morgan fingerprint density at radius 2 is 1.35 bits per heavy atom. The minimum atomic E-state index is -0.574. The molecule has 0 spiro atoms. The van der Waals surface area contributed by atoms with Gasteiger partial charge in [0.05, 0.1) is 0 Å². The molecular weight excluding hydrogens is 324 g/mol. The number of pyridine rings is 1. The molecule has 3 aromatic rings. The van der Waals surface area contributed by atoms with Crippen LogP contribution in [0.25, 0.3) is 0 Å². The van der Waals surface area contributed by atoms with Gasteiger partial charge in [-0.25, -0.2) is 0 Å². The summed E-state index contributed by atoms with van der Waals surface area (Å²) < 4.78 is 5.65. The van der Waals surface area contributed by atoms with Crippen LogP contribution in [0.5, 0.6) is 5.75 Å². The molecule has 1 aromatic heterocycles. The molecule has 0 aliphatic carbocycles. The fraction of sp³-hybridized carbons (Fsp3) is 0.227. The maximum Gasteiger partial charge on any atom is 0.122 e. The summed E-state index contributed by atoms with van der Waals surface area (Å²) >= 11 is 0. The molecular formula is C22H24N2O2. The predicted molar refractivity (Wildman–Crippen MR) is 103 cm³/mol. The van der Waals surface area contributed by atoms with Crippen molar-refractivity contribution in [1.29, 1.82) is 0 Å². The van der Waals surface area contributed by atoms with Gasteiger partial charge in [-0.1, -0.05) is 60.7 Å². The van der Waals surface area contributed by atoms with Gasteiger partial charge in [0.25, 0.3) is 0 Å². The van der Waals surface area contributed by atoms with Crippen molar-refractivity contribution in [3.63, 3.8) is 0 Å². The molecule has 0 saturated carbocycles. The van der Waals surface area contributed by atoms with Crippen molar-refractivity contribution in [3.8, 4) is 5.75 Å². The first-order chi connectivity index (χ1) is 12.8. The number of aliphatic hydroxyl groups excluding tert-OH is 1. The summed E-state index contributed by atoms with van der Waals surface area (Å²) in [5.41, 5.74) is 2.45. The molecule has 4 heteroatoms. The number of aromatic nitrogens is 1. The Kier molecular flexibility index (Phi) is 6.76. The van der Waals surface area contributed by atoms with E-state index in [1.54, 1.807) is 24.5 Å². The zero-order valence-electron chi connectivity index (χ0n) is 14.7. The summed E-state index contributed by atoms with van der Waals surface area (Å²) in [6.07, 6.45) is 2.79. The topological polar surface area (TPSA) is 45.6 Å². The van der Waals surface area contributed by atoms with Gasteiger partial charge < -0.3 is 9.84 Å². The van der Waals surface area contributed by atoms with Crippen molar-refractivity contribution in [2.45, 2.75) is 19.2 Å². The number of hydrogen-bond donors (Lipinski definition) is 1. The fourth-order valence-corrected chi connectivity index (χ4v) is 2.85. The zero-order valence-corrected chi connectivity index (χ0v) is 14.7. The molecule has 1 heterocycles. The van der Waals surface area contributed by atoms with Gasteiger partial charge in [-0.2, -0.15) is 0 Å². The molecule has 0 amide bonds. The molecule has 1 unspecified atom stereocenters. The predicted octanol–water partition coefficient (Wildman–Crippen LogP) is 3.52. The zero-order chi connectivity index (χ0) is 18.0. The van der Waals surface area contributed by atoms with Gasteiger partial charge in [-0.3, -0.25) is 9.88 Å². The van der Waals surface area contributed by atoms with Gasteiger partial charge in [0.1, 0.15) is 18.5 Å². The van der Waals surface area contributed by atoms with Crippen molar-refractivity contribution in [1.82, 2.24) is 9.88 Å². The minimum Gasteiger partial charge on any atom is -0.491 e. The monoisotopic (exact) mass is 348 g/mol. The van der Waals surface area contributed by atoms with Crippen molar-refractivity contribution in [2.75, 3.05) is 13.2 Å². The third-order valence-corrected chi connectivity index (χ3v) is 4.06. The van der Waals surface area contributed by atoms with E-state index in [2.05, 4.69) is 34.1 Å². The van der Waals surface area contributed by atoms with E-state index < -0.39 is 6.10 Å². The lowest BCUT2D eigenvalue weighted by Gasteiger charge is -2.25. The molecule has 26 heavy (non-hydrogen) atoms. The second-order valence-electron chi connectivity index (χ2n) is 6.29. The average Bonchev–Trinajstić information content (AvgIpc) is 2.69. The Morgan fingerprint density at radius 1 is 0.808 bits per heavy atom. The third kappa shape index (κ3) is 5.99. The highest BCUT2D eigenvalue weighted by atomic mass is 16.5. The molecule has 3 rings (SSSR count). The number of aliphatic hydroxyl groups is 1. The first-order valence-electron chi connectivity index (χ1n) is 8.81. The second-order valence-corrected chi connectivity index (χ2v) is 6.29. The SMILES string of the molecule is OC(COc1ccncc1)CN(Cc1ccccc1)Cc1ccccc1. The Hall–Kier alpha value is -2.69. The lowest BCUT2D eigenvalue weighted by Crippen LogP contribution is -2.35. The molecule has 1 atom stereocenters. The van der Waals surface area contributed by atoms with E-state index in [1.165, 1.54) is 11.1 Å². The van der Waals surface area contributed by atoms with Gasteiger partial charge in [0, 0.05) is 32.0 Å². The van der Waals surface area contributed by atoms with Crippen LogP contribution in [0.4, 0.5) is 0 Å². The molecule has 4 nitrogen and oxygen atoms in total. The van der Waals surface area contributed by atoms with Crippen molar-refractivity contribution < 1.29 is 9.84 Å². The smallest absolute Gasteiger partial charge is 0.122 e. The quantitative estimate of drug-likeness (QED) is 0.643. The largest absolute Gasteiger partial charge is 0.491 e. The number of ether oxygens (including phenoxy) is 1. The molecule has 0 saturated heterocycles. The summed E-state index contributed by atoms with van der Waals surface area (Å²) in [4.78, 5) is 6.21. The van der Waals surface area contributed by atoms with Crippen LogP contribution in [0.1, 0.15) is 11.1 Å². The Morgan fingerprint density at radius 3 is 1.88 bits per heavy atom. The van der Waals surface area contributed by atoms with Gasteiger partial charge in [-0.15, -0.1) is 0 Å². The van der Waals surface area contributed by atoms with Gasteiger partial charge in [0.2, 0.25) is 0 Å². The summed E-state index contributed by atoms with van der Waals surface area (Å²) in [6, 6.07) is 24.2. The minimum absolute atomic E-state index is 0.254. The van der Waals surface area contributed by atoms with E-state index >= 15 is 0 Å². The summed E-state index contributed by atoms with van der Waals surface area (Å²) in [6.45, 7) is 2.35. The lowest BCUT2D eigenvalue weighted by atomic mass is 10.1. The maximum atomic E-state index is 10.5. The maximum absolute atomic E-state index is 10.5. The van der Waals surface area contributed by atoms with Gasteiger partial charge in [-0.05, 0) is 23.3 Å². The van der Waals surface area contributed by atoms with Crippen LogP contribution in [0, 0.1) is 0 Å². The molecule has 0 fully saturated rings. The van der Waals surface area contributed by atoms with Crippen LogP contribution in [-0.4, -0.2) is 34.2 Å². The van der Waals surface area contributed by atoms with Crippen LogP contribution in [0.15, 0.2) is 85.2 Å². The van der Waals surface area contributed by atoms with E-state index in [0.29, 0.717) is 6.54 Å². The van der Waals surface area contributed by atoms with E-state index in [-0.39, 0.29) is 6.61 Å². The summed E-state index contributed by atoms with van der Waals surface area (Å²) in [7, 11) is 0. The molecule has 0 aliphatic heterocycles. The normalized spacial score (nSPS) is 12.1. The summed E-state index contributed by atoms with van der Waals surface area (Å²) in [5.74, 6) is 0.719. The molecule has 0 aliphatic rings. The van der Waals surface area contributed by atoms with Gasteiger partial charge >= 0.3 is 0 Å². The fourth-order valence-electron chi connectivity index (χ4n) is 2.85. The highest BCUT2D eigenvalue weighted by Gasteiger charge is 2.14. The van der Waals surface area contributed by atoms with Crippen LogP contribution in [-0.2, 0) is 13.1 Å². The number of nitrogens with zero attached hydrogens (tertiary/aromatic N) is 2. The van der Waals surface area contributed by atoms with Gasteiger partial charge in [0.15, 0.2) is 0 Å². The van der Waals surface area contributed by atoms with E-state index in [0.717, 1.165) is 18.8 Å². The molecule has 0 radical (unpaired) electrons. The highest BCUT2D eigenvalue weighted by Crippen LogP contribution is 2.12. The lowest BCUT2D eigenvalue weighted by molar-refractivity contribution is 0.0628. The standard InChI is InChI=1S/C22H24N2O2/c25-21(18-26-22-11-13-23-14-12-22)17-24(15-19-7-3-1-4-8-19)16-20-9-5-2-6-10-20/h1-14,21,25H,15-18H2. The first kappa shape index (κ1) is 18.1. The molecule has 134 valence electrons. The number of hydrogen-bond acceptors (Lipinski definition) is 4. The summed E-state index contributed by atoms with van der Waals surface area (Å²) in [5, 5.41) is 10.5. The third-order valence-electron chi connectivity index (χ3n) is 4.06. The average molecular weight is 348 g/mol. The van der Waals surface area contributed by atoms with Crippen molar-refractivity contribution in [3.05, 3.63) is 96.3 Å². The Balaban J connectivity index is 1.60. The van der Waals surface area contributed by atoms with Crippen molar-refractivity contribution >= 4 is 0 Å². The van der Waals surface area contributed by atoms with Crippen LogP contribution in [0.3, 0.4) is 0 Å².